The van der Waals surface area contributed by atoms with Crippen LogP contribution in [0.2, 0.25) is 0 Å². The summed E-state index contributed by atoms with van der Waals surface area (Å²) >= 11 is 0. The Hall–Kier alpha value is -2.27. The predicted octanol–water partition coefficient (Wildman–Crippen LogP) is 3.31. The Kier molecular flexibility index (Phi) is 12.3. The lowest BCUT2D eigenvalue weighted by atomic mass is 10.2. The Balaban J connectivity index is 3.98. The highest BCUT2D eigenvalue weighted by Gasteiger charge is 2.03. The second-order valence-corrected chi connectivity index (χ2v) is 4.81. The average molecular weight is 303 g/mol. The fourth-order valence-electron chi connectivity index (χ4n) is 1.74. The van der Waals surface area contributed by atoms with Gasteiger partial charge < -0.3 is 9.64 Å². The van der Waals surface area contributed by atoms with Crippen molar-refractivity contribution in [3.63, 3.8) is 0 Å². The van der Waals surface area contributed by atoms with Gasteiger partial charge in [0.25, 0.3) is 0 Å². The van der Waals surface area contributed by atoms with Crippen LogP contribution in [0.25, 0.3) is 0 Å². The first kappa shape index (κ1) is 19.7. The van der Waals surface area contributed by atoms with Crippen LogP contribution in [-0.2, 0) is 9.53 Å². The first-order valence-electron chi connectivity index (χ1n) is 7.76. The Bertz CT molecular complexity index is 440. The van der Waals surface area contributed by atoms with E-state index < -0.39 is 0 Å². The third kappa shape index (κ3) is 10.5. The number of carbonyl (C=O) groups is 1. The van der Waals surface area contributed by atoms with Crippen molar-refractivity contribution in [3.8, 4) is 12.1 Å². The highest BCUT2D eigenvalue weighted by molar-refractivity contribution is 5.69. The monoisotopic (exact) mass is 303 g/mol. The fourth-order valence-corrected chi connectivity index (χ4v) is 1.74. The largest absolute Gasteiger partial charge is 0.464 e. The van der Waals surface area contributed by atoms with E-state index in [0.717, 1.165) is 32.2 Å². The summed E-state index contributed by atoms with van der Waals surface area (Å²) in [6.07, 6.45) is 9.65. The SMILES string of the molecule is CCCCCCC(=O)OCCN(C=CC=C(C#N)C#N)CC. The molecule has 0 saturated heterocycles. The topological polar surface area (TPSA) is 77.1 Å². The van der Waals surface area contributed by atoms with Crippen LogP contribution in [0.15, 0.2) is 23.9 Å². The van der Waals surface area contributed by atoms with E-state index in [0.29, 0.717) is 19.6 Å². The number of hydrogen-bond acceptors (Lipinski definition) is 5. The summed E-state index contributed by atoms with van der Waals surface area (Å²) in [5.41, 5.74) is 0.0609. The van der Waals surface area contributed by atoms with E-state index in [4.69, 9.17) is 15.3 Å². The molecule has 5 heteroatoms. The van der Waals surface area contributed by atoms with Crippen LogP contribution in [0.3, 0.4) is 0 Å². The van der Waals surface area contributed by atoms with Crippen LogP contribution in [0.1, 0.15) is 46.0 Å². The maximum Gasteiger partial charge on any atom is 0.305 e. The Morgan fingerprint density at radius 1 is 1.18 bits per heavy atom. The van der Waals surface area contributed by atoms with Crippen molar-refractivity contribution in [2.45, 2.75) is 46.0 Å². The molecule has 0 aromatic rings. The smallest absolute Gasteiger partial charge is 0.305 e. The molecule has 0 amide bonds. The lowest BCUT2D eigenvalue weighted by Crippen LogP contribution is -2.23. The highest BCUT2D eigenvalue weighted by Crippen LogP contribution is 2.03. The molecule has 0 rings (SSSR count). The van der Waals surface area contributed by atoms with Gasteiger partial charge >= 0.3 is 5.97 Å². The van der Waals surface area contributed by atoms with Crippen LogP contribution in [0.5, 0.6) is 0 Å². The van der Waals surface area contributed by atoms with Crippen molar-refractivity contribution in [1.82, 2.24) is 4.90 Å². The molecule has 0 aromatic carbocycles. The number of likely N-dealkylation sites (N-methyl/N-ethyl adjacent to an activating group) is 1. The molecule has 0 fully saturated rings. The molecule has 0 aromatic heterocycles. The summed E-state index contributed by atoms with van der Waals surface area (Å²) in [5, 5.41) is 17.2. The van der Waals surface area contributed by atoms with E-state index in [-0.39, 0.29) is 11.5 Å². The molecule has 120 valence electrons. The number of esters is 1. The van der Waals surface area contributed by atoms with Crippen molar-refractivity contribution in [3.05, 3.63) is 23.9 Å². The molecule has 0 spiro atoms. The number of unbranched alkanes of at least 4 members (excludes halogenated alkanes) is 3. The molecule has 0 aliphatic carbocycles. The van der Waals surface area contributed by atoms with Crippen LogP contribution < -0.4 is 0 Å². The Morgan fingerprint density at radius 3 is 2.50 bits per heavy atom. The molecule has 0 atom stereocenters. The Labute approximate surface area is 133 Å². The second-order valence-electron chi connectivity index (χ2n) is 4.81. The van der Waals surface area contributed by atoms with Gasteiger partial charge in [0, 0.05) is 13.0 Å². The van der Waals surface area contributed by atoms with E-state index in [1.54, 1.807) is 24.4 Å². The summed E-state index contributed by atoms with van der Waals surface area (Å²) in [6.45, 7) is 5.81. The van der Waals surface area contributed by atoms with Gasteiger partial charge in [0.15, 0.2) is 0 Å². The quantitative estimate of drug-likeness (QED) is 0.253. The normalized spacial score (nSPS) is 9.82. The van der Waals surface area contributed by atoms with Crippen molar-refractivity contribution in [1.29, 1.82) is 10.5 Å². The van der Waals surface area contributed by atoms with E-state index >= 15 is 0 Å². The summed E-state index contributed by atoms with van der Waals surface area (Å²) in [6, 6.07) is 3.58. The minimum absolute atomic E-state index is 0.0609. The molecule has 0 N–H and O–H groups in total. The minimum atomic E-state index is -0.146. The van der Waals surface area contributed by atoms with Crippen LogP contribution in [-0.4, -0.2) is 30.6 Å². The van der Waals surface area contributed by atoms with Gasteiger partial charge in [-0.3, -0.25) is 4.79 Å². The molecule has 0 aliphatic heterocycles. The van der Waals surface area contributed by atoms with E-state index in [1.165, 1.54) is 6.08 Å². The zero-order valence-electron chi connectivity index (χ0n) is 13.5. The van der Waals surface area contributed by atoms with Gasteiger partial charge in [-0.05, 0) is 31.7 Å². The summed E-state index contributed by atoms with van der Waals surface area (Å²) in [4.78, 5) is 13.5. The molecule has 0 aliphatic rings. The van der Waals surface area contributed by atoms with Gasteiger partial charge in [-0.25, -0.2) is 0 Å². The molecule has 5 nitrogen and oxygen atoms in total. The van der Waals surface area contributed by atoms with Gasteiger partial charge in [-0.15, -0.1) is 0 Å². The zero-order chi connectivity index (χ0) is 16.6. The number of rotatable bonds is 11. The van der Waals surface area contributed by atoms with Crippen LogP contribution in [0.4, 0.5) is 0 Å². The number of carbonyl (C=O) groups excluding carboxylic acids is 1. The molecular formula is C17H25N3O2. The van der Waals surface area contributed by atoms with Crippen molar-refractivity contribution in [2.75, 3.05) is 19.7 Å². The highest BCUT2D eigenvalue weighted by atomic mass is 16.5. The number of allylic oxidation sites excluding steroid dienone is 3. The number of ether oxygens (including phenoxy) is 1. The molecule has 22 heavy (non-hydrogen) atoms. The van der Waals surface area contributed by atoms with Crippen LogP contribution >= 0.6 is 0 Å². The number of hydrogen-bond donors (Lipinski definition) is 0. The van der Waals surface area contributed by atoms with Crippen LogP contribution in [0, 0.1) is 22.7 Å². The zero-order valence-corrected chi connectivity index (χ0v) is 13.5. The van der Waals surface area contributed by atoms with Crippen molar-refractivity contribution < 1.29 is 9.53 Å². The molecule has 0 radical (unpaired) electrons. The average Bonchev–Trinajstić information content (AvgIpc) is 2.54. The number of nitrogens with zero attached hydrogens (tertiary/aromatic N) is 3. The second kappa shape index (κ2) is 13.7. The standard InChI is InChI=1S/C17H25N3O2/c1-3-5-6-7-10-17(21)22-13-12-20(4-2)11-8-9-16(14-18)15-19/h8-9,11H,3-7,10,12-13H2,1-2H3. The van der Waals surface area contributed by atoms with Crippen molar-refractivity contribution in [2.24, 2.45) is 0 Å². The Morgan fingerprint density at radius 2 is 1.91 bits per heavy atom. The molecule has 0 heterocycles. The van der Waals surface area contributed by atoms with E-state index in [9.17, 15) is 4.79 Å². The summed E-state index contributed by atoms with van der Waals surface area (Å²) < 4.78 is 5.19. The van der Waals surface area contributed by atoms with Gasteiger partial charge in [0.05, 0.1) is 6.54 Å². The maximum absolute atomic E-state index is 11.5. The lowest BCUT2D eigenvalue weighted by Gasteiger charge is -2.17. The van der Waals surface area contributed by atoms with Gasteiger partial charge in [-0.1, -0.05) is 26.2 Å². The van der Waals surface area contributed by atoms with E-state index in [2.05, 4.69) is 6.92 Å². The molecule has 0 unspecified atom stereocenters. The summed E-state index contributed by atoms with van der Waals surface area (Å²) in [5.74, 6) is -0.146. The molecular weight excluding hydrogens is 278 g/mol. The minimum Gasteiger partial charge on any atom is -0.464 e. The first-order chi connectivity index (χ1) is 10.7. The predicted molar refractivity (Wildman–Crippen MR) is 85.4 cm³/mol. The van der Waals surface area contributed by atoms with Gasteiger partial charge in [-0.2, -0.15) is 10.5 Å². The number of nitriles is 2. The van der Waals surface area contributed by atoms with E-state index in [1.807, 2.05) is 11.8 Å². The molecule has 0 bridgehead atoms. The fraction of sp³-hybridized carbons (Fsp3) is 0.588. The van der Waals surface area contributed by atoms with Crippen molar-refractivity contribution >= 4 is 5.97 Å². The van der Waals surface area contributed by atoms with Gasteiger partial charge in [0.1, 0.15) is 24.3 Å². The maximum atomic E-state index is 11.5. The first-order valence-corrected chi connectivity index (χ1v) is 7.76. The third-order valence-electron chi connectivity index (χ3n) is 3.08. The third-order valence-corrected chi connectivity index (χ3v) is 3.08. The van der Waals surface area contributed by atoms with Gasteiger partial charge in [0.2, 0.25) is 0 Å². The summed E-state index contributed by atoms with van der Waals surface area (Å²) in [7, 11) is 0. The lowest BCUT2D eigenvalue weighted by molar-refractivity contribution is -0.144. The molecule has 0 saturated carbocycles.